The SMILES string of the molecule is CCc1cccc(C)c1NC(=O)C1CC1C(=O)Nc1cc(Cl)cc(Cl)c1. The van der Waals surface area contributed by atoms with E-state index < -0.39 is 0 Å². The third kappa shape index (κ3) is 4.19. The van der Waals surface area contributed by atoms with Crippen LogP contribution in [0.25, 0.3) is 0 Å². The van der Waals surface area contributed by atoms with Crippen molar-refractivity contribution in [3.8, 4) is 0 Å². The molecule has 4 nitrogen and oxygen atoms in total. The van der Waals surface area contributed by atoms with Gasteiger partial charge >= 0.3 is 0 Å². The predicted octanol–water partition coefficient (Wildman–Crippen LogP) is 5.08. The number of carbonyl (C=O) groups is 2. The van der Waals surface area contributed by atoms with E-state index in [1.54, 1.807) is 18.2 Å². The van der Waals surface area contributed by atoms with E-state index >= 15 is 0 Å². The van der Waals surface area contributed by atoms with E-state index in [9.17, 15) is 9.59 Å². The van der Waals surface area contributed by atoms with Crippen molar-refractivity contribution in [2.24, 2.45) is 11.8 Å². The van der Waals surface area contributed by atoms with E-state index in [4.69, 9.17) is 23.2 Å². The van der Waals surface area contributed by atoms with Crippen LogP contribution in [0.2, 0.25) is 10.0 Å². The number of para-hydroxylation sites is 1. The van der Waals surface area contributed by atoms with Gasteiger partial charge in [0.25, 0.3) is 0 Å². The number of halogens is 2. The van der Waals surface area contributed by atoms with Crippen molar-refractivity contribution in [3.05, 3.63) is 57.6 Å². The van der Waals surface area contributed by atoms with E-state index in [0.717, 1.165) is 23.2 Å². The fourth-order valence-electron chi connectivity index (χ4n) is 3.05. The Morgan fingerprint density at radius 1 is 1.04 bits per heavy atom. The second-order valence-electron chi connectivity index (χ2n) is 6.55. The molecule has 0 aromatic heterocycles. The number of amides is 2. The average molecular weight is 391 g/mol. The van der Waals surface area contributed by atoms with Crippen molar-refractivity contribution in [3.63, 3.8) is 0 Å². The van der Waals surface area contributed by atoms with Gasteiger partial charge in [-0.05, 0) is 49.1 Å². The van der Waals surface area contributed by atoms with Crippen molar-refractivity contribution in [1.82, 2.24) is 0 Å². The summed E-state index contributed by atoms with van der Waals surface area (Å²) in [6.45, 7) is 4.02. The van der Waals surface area contributed by atoms with Crippen LogP contribution < -0.4 is 10.6 Å². The van der Waals surface area contributed by atoms with Gasteiger partial charge in [-0.3, -0.25) is 9.59 Å². The van der Waals surface area contributed by atoms with Gasteiger partial charge in [0.1, 0.15) is 0 Å². The quantitative estimate of drug-likeness (QED) is 0.747. The lowest BCUT2D eigenvalue weighted by molar-refractivity contribution is -0.122. The Balaban J connectivity index is 1.63. The van der Waals surface area contributed by atoms with Crippen molar-refractivity contribution in [1.29, 1.82) is 0 Å². The molecule has 2 atom stereocenters. The lowest BCUT2D eigenvalue weighted by Crippen LogP contribution is -2.21. The molecular formula is C20H20Cl2N2O2. The van der Waals surface area contributed by atoms with Crippen LogP contribution in [0, 0.1) is 18.8 Å². The van der Waals surface area contributed by atoms with Gasteiger partial charge < -0.3 is 10.6 Å². The largest absolute Gasteiger partial charge is 0.326 e. The standard InChI is InChI=1S/C20H20Cl2N2O2/c1-3-12-6-4-5-11(2)18(12)24-20(26)17-10-16(17)19(25)23-15-8-13(21)7-14(22)9-15/h4-9,16-17H,3,10H2,1-2H3,(H,23,25)(H,24,26). The summed E-state index contributed by atoms with van der Waals surface area (Å²) < 4.78 is 0. The number of aryl methyl sites for hydroxylation is 2. The molecule has 0 aliphatic heterocycles. The summed E-state index contributed by atoms with van der Waals surface area (Å²) in [5.74, 6) is -0.946. The first-order valence-electron chi connectivity index (χ1n) is 8.55. The lowest BCUT2D eigenvalue weighted by atomic mass is 10.1. The first-order chi connectivity index (χ1) is 12.4. The number of hydrogen-bond donors (Lipinski definition) is 2. The van der Waals surface area contributed by atoms with E-state index in [-0.39, 0.29) is 23.7 Å². The molecule has 1 fully saturated rings. The second kappa shape index (κ2) is 7.68. The highest BCUT2D eigenvalue weighted by Crippen LogP contribution is 2.41. The summed E-state index contributed by atoms with van der Waals surface area (Å²) in [4.78, 5) is 24.9. The normalized spacial score (nSPS) is 18.3. The van der Waals surface area contributed by atoms with Crippen LogP contribution in [-0.2, 0) is 16.0 Å². The number of hydrogen-bond acceptors (Lipinski definition) is 2. The van der Waals surface area contributed by atoms with E-state index in [2.05, 4.69) is 10.6 Å². The van der Waals surface area contributed by atoms with Gasteiger partial charge in [-0.2, -0.15) is 0 Å². The summed E-state index contributed by atoms with van der Waals surface area (Å²) in [6.07, 6.45) is 1.38. The van der Waals surface area contributed by atoms with E-state index in [1.165, 1.54) is 0 Å². The van der Waals surface area contributed by atoms with Crippen molar-refractivity contribution in [2.45, 2.75) is 26.7 Å². The molecule has 1 aliphatic carbocycles. The van der Waals surface area contributed by atoms with Gasteiger partial charge in [-0.15, -0.1) is 0 Å². The maximum Gasteiger partial charge on any atom is 0.228 e. The van der Waals surface area contributed by atoms with Crippen molar-refractivity contribution in [2.75, 3.05) is 10.6 Å². The number of rotatable bonds is 5. The minimum Gasteiger partial charge on any atom is -0.326 e. The smallest absolute Gasteiger partial charge is 0.228 e. The molecule has 0 bridgehead atoms. The van der Waals surface area contributed by atoms with Crippen LogP contribution in [-0.4, -0.2) is 11.8 Å². The molecule has 0 heterocycles. The third-order valence-corrected chi connectivity index (χ3v) is 5.02. The van der Waals surface area contributed by atoms with Crippen LogP contribution in [0.3, 0.4) is 0 Å². The fraction of sp³-hybridized carbons (Fsp3) is 0.300. The molecule has 6 heteroatoms. The Morgan fingerprint density at radius 3 is 2.27 bits per heavy atom. The zero-order valence-corrected chi connectivity index (χ0v) is 16.1. The number of anilines is 2. The highest BCUT2D eigenvalue weighted by molar-refractivity contribution is 6.35. The molecule has 2 aromatic carbocycles. The molecule has 0 saturated heterocycles. The summed E-state index contributed by atoms with van der Waals surface area (Å²) in [5.41, 5.74) is 3.50. The molecular weight excluding hydrogens is 371 g/mol. The van der Waals surface area contributed by atoms with Crippen LogP contribution in [0.4, 0.5) is 11.4 Å². The zero-order valence-electron chi connectivity index (χ0n) is 14.6. The van der Waals surface area contributed by atoms with Crippen LogP contribution in [0.15, 0.2) is 36.4 Å². The zero-order chi connectivity index (χ0) is 18.8. The summed E-state index contributed by atoms with van der Waals surface area (Å²) >= 11 is 11.9. The second-order valence-corrected chi connectivity index (χ2v) is 7.42. The Kier molecular flexibility index (Phi) is 5.54. The number of carbonyl (C=O) groups excluding carboxylic acids is 2. The maximum absolute atomic E-state index is 12.5. The summed E-state index contributed by atoms with van der Waals surface area (Å²) in [6, 6.07) is 10.8. The Morgan fingerprint density at radius 2 is 1.65 bits per heavy atom. The van der Waals surface area contributed by atoms with Gasteiger partial charge in [0, 0.05) is 21.4 Å². The molecule has 2 amide bonds. The molecule has 0 spiro atoms. The first kappa shape index (κ1) is 18.7. The van der Waals surface area contributed by atoms with Gasteiger partial charge in [-0.25, -0.2) is 0 Å². The van der Waals surface area contributed by atoms with Gasteiger partial charge in [0.2, 0.25) is 11.8 Å². The molecule has 2 aromatic rings. The molecule has 1 aliphatic rings. The van der Waals surface area contributed by atoms with Crippen molar-refractivity contribution >= 4 is 46.4 Å². The minimum atomic E-state index is -0.332. The Hall–Kier alpha value is -2.04. The van der Waals surface area contributed by atoms with E-state index in [0.29, 0.717) is 22.2 Å². The van der Waals surface area contributed by atoms with E-state index in [1.807, 2.05) is 32.0 Å². The molecule has 1 saturated carbocycles. The van der Waals surface area contributed by atoms with Crippen LogP contribution >= 0.6 is 23.2 Å². The lowest BCUT2D eigenvalue weighted by Gasteiger charge is -2.13. The highest BCUT2D eigenvalue weighted by atomic mass is 35.5. The number of nitrogens with one attached hydrogen (secondary N) is 2. The highest BCUT2D eigenvalue weighted by Gasteiger charge is 2.48. The molecule has 3 rings (SSSR count). The first-order valence-corrected chi connectivity index (χ1v) is 9.31. The maximum atomic E-state index is 12.5. The molecule has 136 valence electrons. The average Bonchev–Trinajstić information content (AvgIpc) is 3.36. The molecule has 0 radical (unpaired) electrons. The fourth-order valence-corrected chi connectivity index (χ4v) is 3.58. The molecule has 26 heavy (non-hydrogen) atoms. The summed E-state index contributed by atoms with van der Waals surface area (Å²) in [5, 5.41) is 6.68. The molecule has 2 N–H and O–H groups in total. The monoisotopic (exact) mass is 390 g/mol. The topological polar surface area (TPSA) is 58.2 Å². The van der Waals surface area contributed by atoms with Crippen molar-refractivity contribution < 1.29 is 9.59 Å². The minimum absolute atomic E-state index is 0.113. The Labute approximate surface area is 162 Å². The van der Waals surface area contributed by atoms with Gasteiger partial charge in [-0.1, -0.05) is 48.3 Å². The predicted molar refractivity (Wildman–Crippen MR) is 106 cm³/mol. The number of benzene rings is 2. The molecule has 2 unspecified atom stereocenters. The van der Waals surface area contributed by atoms with Gasteiger partial charge in [0.05, 0.1) is 11.8 Å². The summed E-state index contributed by atoms with van der Waals surface area (Å²) in [7, 11) is 0. The van der Waals surface area contributed by atoms with Gasteiger partial charge in [0.15, 0.2) is 0 Å². The van der Waals surface area contributed by atoms with Crippen LogP contribution in [0.1, 0.15) is 24.5 Å². The third-order valence-electron chi connectivity index (χ3n) is 4.58. The van der Waals surface area contributed by atoms with Crippen LogP contribution in [0.5, 0.6) is 0 Å². The Bertz CT molecular complexity index is 847.